The van der Waals surface area contributed by atoms with E-state index in [1.165, 1.54) is 14.2 Å². The van der Waals surface area contributed by atoms with Gasteiger partial charge in [0.05, 0.1) is 0 Å². The SMILES string of the molecule is CCCCO[C@@H](C)C(=O)C(Br)OP(=O)(OC)OC. The topological polar surface area (TPSA) is 71.1 Å². The van der Waals surface area contributed by atoms with Gasteiger partial charge in [-0.3, -0.25) is 18.4 Å². The largest absolute Gasteiger partial charge is 0.475 e. The van der Waals surface area contributed by atoms with Crippen molar-refractivity contribution in [2.45, 2.75) is 37.8 Å². The fourth-order valence-corrected chi connectivity index (χ4v) is 2.64. The van der Waals surface area contributed by atoms with Crippen LogP contribution in [0.5, 0.6) is 0 Å². The zero-order chi connectivity index (χ0) is 14.2. The highest BCUT2D eigenvalue weighted by molar-refractivity contribution is 9.09. The van der Waals surface area contributed by atoms with E-state index < -0.39 is 18.9 Å². The Morgan fingerprint density at radius 2 is 1.89 bits per heavy atom. The molecule has 0 saturated heterocycles. The number of rotatable bonds is 10. The van der Waals surface area contributed by atoms with Crippen LogP contribution in [0.15, 0.2) is 0 Å². The van der Waals surface area contributed by atoms with Crippen LogP contribution < -0.4 is 0 Å². The highest BCUT2D eigenvalue weighted by Gasteiger charge is 2.32. The van der Waals surface area contributed by atoms with Crippen molar-refractivity contribution in [1.29, 1.82) is 0 Å². The summed E-state index contributed by atoms with van der Waals surface area (Å²) < 4.78 is 31.0. The molecule has 0 radical (unpaired) electrons. The molecule has 6 nitrogen and oxygen atoms in total. The average molecular weight is 347 g/mol. The van der Waals surface area contributed by atoms with Crippen LogP contribution in [0.1, 0.15) is 26.7 Å². The van der Waals surface area contributed by atoms with E-state index in [-0.39, 0.29) is 5.78 Å². The summed E-state index contributed by atoms with van der Waals surface area (Å²) >= 11 is 2.99. The van der Waals surface area contributed by atoms with Gasteiger partial charge in [0.2, 0.25) is 5.78 Å². The van der Waals surface area contributed by atoms with Gasteiger partial charge in [0.25, 0.3) is 0 Å². The van der Waals surface area contributed by atoms with E-state index in [4.69, 9.17) is 9.26 Å². The number of hydrogen-bond acceptors (Lipinski definition) is 6. The molecule has 108 valence electrons. The Morgan fingerprint density at radius 3 is 2.33 bits per heavy atom. The van der Waals surface area contributed by atoms with Crippen molar-refractivity contribution in [2.75, 3.05) is 20.8 Å². The minimum atomic E-state index is -3.69. The number of hydrogen-bond donors (Lipinski definition) is 0. The van der Waals surface area contributed by atoms with E-state index in [1.807, 2.05) is 6.92 Å². The monoisotopic (exact) mass is 346 g/mol. The molecule has 0 amide bonds. The van der Waals surface area contributed by atoms with E-state index in [0.29, 0.717) is 6.61 Å². The number of carbonyl (C=O) groups excluding carboxylic acids is 1. The number of carbonyl (C=O) groups is 1. The molecule has 2 atom stereocenters. The first-order chi connectivity index (χ1) is 8.40. The summed E-state index contributed by atoms with van der Waals surface area (Å²) in [7, 11) is -1.33. The summed E-state index contributed by atoms with van der Waals surface area (Å²) in [5, 5.41) is -1.10. The van der Waals surface area contributed by atoms with Crippen LogP contribution in [0.3, 0.4) is 0 Å². The maximum atomic E-state index is 11.8. The molecule has 0 heterocycles. The van der Waals surface area contributed by atoms with Gasteiger partial charge in [-0.1, -0.05) is 13.3 Å². The normalized spacial score (nSPS) is 15.4. The van der Waals surface area contributed by atoms with E-state index in [1.54, 1.807) is 6.92 Å². The smallest absolute Gasteiger partial charge is 0.371 e. The molecule has 18 heavy (non-hydrogen) atoms. The van der Waals surface area contributed by atoms with Gasteiger partial charge in [-0.15, -0.1) is 0 Å². The number of ketones is 1. The average Bonchev–Trinajstić information content (AvgIpc) is 2.37. The first kappa shape index (κ1) is 18.2. The third-order valence-corrected chi connectivity index (χ3v) is 4.45. The van der Waals surface area contributed by atoms with Crippen LogP contribution >= 0.6 is 23.8 Å². The molecule has 0 fully saturated rings. The molecule has 1 unspecified atom stereocenters. The van der Waals surface area contributed by atoms with Crippen molar-refractivity contribution in [3.63, 3.8) is 0 Å². The molecule has 0 N–H and O–H groups in total. The highest BCUT2D eigenvalue weighted by atomic mass is 79.9. The molecule has 8 heteroatoms. The van der Waals surface area contributed by atoms with Crippen molar-refractivity contribution in [2.24, 2.45) is 0 Å². The van der Waals surface area contributed by atoms with E-state index in [0.717, 1.165) is 12.8 Å². The molecule has 0 aromatic carbocycles. The minimum Gasteiger partial charge on any atom is -0.371 e. The standard InChI is InChI=1S/C10H20BrO6P/c1-5-6-7-16-8(2)9(12)10(11)17-18(13,14-3)15-4/h8,10H,5-7H2,1-4H3/t8-,10?/m0/s1. The van der Waals surface area contributed by atoms with Crippen LogP contribution in [-0.4, -0.2) is 37.7 Å². The Balaban J connectivity index is 4.28. The lowest BCUT2D eigenvalue weighted by atomic mass is 10.2. The van der Waals surface area contributed by atoms with Gasteiger partial charge in [-0.2, -0.15) is 0 Å². The van der Waals surface area contributed by atoms with Gasteiger partial charge in [-0.25, -0.2) is 4.57 Å². The lowest BCUT2D eigenvalue weighted by Crippen LogP contribution is -2.30. The van der Waals surface area contributed by atoms with Gasteiger partial charge < -0.3 is 4.74 Å². The van der Waals surface area contributed by atoms with Crippen molar-refractivity contribution in [3.8, 4) is 0 Å². The number of phosphoric ester groups is 1. The molecule has 0 spiro atoms. The quantitative estimate of drug-likeness (QED) is 0.344. The number of unbranched alkanes of at least 4 members (excludes halogenated alkanes) is 1. The second-order valence-corrected chi connectivity index (χ2v) is 6.17. The number of ether oxygens (including phenoxy) is 1. The molecule has 0 aliphatic heterocycles. The molecule has 0 rings (SSSR count). The van der Waals surface area contributed by atoms with E-state index >= 15 is 0 Å². The van der Waals surface area contributed by atoms with Gasteiger partial charge in [0.15, 0.2) is 5.01 Å². The predicted octanol–water partition coefficient (Wildman–Crippen LogP) is 2.90. The maximum Gasteiger partial charge on any atom is 0.475 e. The minimum absolute atomic E-state index is 0.375. The first-order valence-corrected chi connectivity index (χ1v) is 7.97. The van der Waals surface area contributed by atoms with E-state index in [9.17, 15) is 9.36 Å². The summed E-state index contributed by atoms with van der Waals surface area (Å²) in [4.78, 5) is 11.8. The Bertz CT molecular complexity index is 290. The Hall–Kier alpha value is 0.220. The van der Waals surface area contributed by atoms with Crippen LogP contribution in [0.4, 0.5) is 0 Å². The van der Waals surface area contributed by atoms with Crippen LogP contribution in [0.25, 0.3) is 0 Å². The summed E-state index contributed by atoms with van der Waals surface area (Å²) in [6.45, 7) is 4.13. The van der Waals surface area contributed by atoms with Crippen LogP contribution in [0, 0.1) is 0 Å². The molecule has 0 aromatic heterocycles. The molecule has 0 bridgehead atoms. The van der Waals surface area contributed by atoms with Crippen LogP contribution in [0.2, 0.25) is 0 Å². The lowest BCUT2D eigenvalue weighted by Gasteiger charge is -2.19. The highest BCUT2D eigenvalue weighted by Crippen LogP contribution is 2.49. The fraction of sp³-hybridized carbons (Fsp3) is 0.900. The molecule has 0 aliphatic rings. The lowest BCUT2D eigenvalue weighted by molar-refractivity contribution is -0.133. The second kappa shape index (κ2) is 9.18. The van der Waals surface area contributed by atoms with Crippen molar-refractivity contribution < 1.29 is 27.7 Å². The molecular weight excluding hydrogens is 327 g/mol. The Labute approximate surface area is 116 Å². The first-order valence-electron chi connectivity index (χ1n) is 5.59. The number of Topliss-reactive ketones (excluding diaryl/α,β-unsaturated/α-hetero) is 1. The number of phosphoric acid groups is 1. The van der Waals surface area contributed by atoms with E-state index in [2.05, 4.69) is 25.0 Å². The molecule has 0 saturated carbocycles. The van der Waals surface area contributed by atoms with Crippen LogP contribution in [-0.2, 0) is 27.7 Å². The predicted molar refractivity (Wildman–Crippen MR) is 70.8 cm³/mol. The van der Waals surface area contributed by atoms with Gasteiger partial charge >= 0.3 is 7.82 Å². The van der Waals surface area contributed by atoms with Gasteiger partial charge in [0, 0.05) is 20.8 Å². The van der Waals surface area contributed by atoms with Gasteiger partial charge in [0.1, 0.15) is 6.10 Å². The Morgan fingerprint density at radius 1 is 1.33 bits per heavy atom. The zero-order valence-electron chi connectivity index (χ0n) is 11.1. The summed E-state index contributed by atoms with van der Waals surface area (Å²) in [5.41, 5.74) is 0. The Kier molecular flexibility index (Phi) is 9.29. The summed E-state index contributed by atoms with van der Waals surface area (Å²) in [5.74, 6) is -0.375. The number of alkyl halides is 1. The molecule has 0 aliphatic carbocycles. The maximum absolute atomic E-state index is 11.8. The second-order valence-electron chi connectivity index (χ2n) is 3.50. The molecular formula is C10H20BrO6P. The summed E-state index contributed by atoms with van der Waals surface area (Å²) in [6, 6.07) is 0. The van der Waals surface area contributed by atoms with Crippen molar-refractivity contribution in [3.05, 3.63) is 0 Å². The number of halogens is 1. The van der Waals surface area contributed by atoms with Crippen molar-refractivity contribution in [1.82, 2.24) is 0 Å². The summed E-state index contributed by atoms with van der Waals surface area (Å²) in [6.07, 6.45) is 1.21. The fourth-order valence-electron chi connectivity index (χ4n) is 0.997. The van der Waals surface area contributed by atoms with Gasteiger partial charge in [-0.05, 0) is 29.3 Å². The zero-order valence-corrected chi connectivity index (χ0v) is 13.5. The molecule has 0 aromatic rings. The third-order valence-electron chi connectivity index (χ3n) is 2.16. The third kappa shape index (κ3) is 6.41. The van der Waals surface area contributed by atoms with Crippen molar-refractivity contribution >= 4 is 29.5 Å².